The smallest absolute Gasteiger partial charge is 0.163 e. The van der Waals surface area contributed by atoms with Crippen LogP contribution in [0.5, 0.6) is 0 Å². The second kappa shape index (κ2) is 4.93. The van der Waals surface area contributed by atoms with Crippen LogP contribution in [0.3, 0.4) is 0 Å². The lowest BCUT2D eigenvalue weighted by molar-refractivity contribution is 0.0966. The molecule has 0 unspecified atom stereocenters. The van der Waals surface area contributed by atoms with Crippen molar-refractivity contribution in [3.05, 3.63) is 33.3 Å². The molecule has 0 saturated carbocycles. The first-order valence-corrected chi connectivity index (χ1v) is 6.01. The normalized spacial score (nSPS) is 10.8. The molecule has 0 aliphatic rings. The van der Waals surface area contributed by atoms with E-state index in [2.05, 4.69) is 29.8 Å². The van der Waals surface area contributed by atoms with Gasteiger partial charge in [-0.3, -0.25) is 4.79 Å². The van der Waals surface area contributed by atoms with Gasteiger partial charge >= 0.3 is 0 Å². The highest BCUT2D eigenvalue weighted by Crippen LogP contribution is 2.22. The van der Waals surface area contributed by atoms with Crippen molar-refractivity contribution in [1.29, 1.82) is 0 Å². The number of halogens is 1. The molecule has 0 heterocycles. The molecule has 2 heteroatoms. The molecule has 0 aliphatic carbocycles. The maximum absolute atomic E-state index is 12.0. The van der Waals surface area contributed by atoms with E-state index in [-0.39, 0.29) is 5.78 Å². The first kappa shape index (κ1) is 12.4. The monoisotopic (exact) mass is 268 g/mol. The molecule has 0 spiro atoms. The number of benzene rings is 1. The van der Waals surface area contributed by atoms with Gasteiger partial charge in [0.25, 0.3) is 0 Å². The predicted octanol–water partition coefficient (Wildman–Crippen LogP) is 4.29. The van der Waals surface area contributed by atoms with Crippen molar-refractivity contribution >= 4 is 21.7 Å². The van der Waals surface area contributed by atoms with Crippen LogP contribution in [-0.4, -0.2) is 5.78 Å². The topological polar surface area (TPSA) is 17.1 Å². The molecule has 0 aliphatic heterocycles. The van der Waals surface area contributed by atoms with Gasteiger partial charge in [0.05, 0.1) is 0 Å². The van der Waals surface area contributed by atoms with Crippen molar-refractivity contribution in [3.8, 4) is 0 Å². The largest absolute Gasteiger partial charge is 0.294 e. The molecular weight excluding hydrogens is 252 g/mol. The zero-order valence-corrected chi connectivity index (χ0v) is 11.3. The summed E-state index contributed by atoms with van der Waals surface area (Å²) in [5.74, 6) is 0.674. The van der Waals surface area contributed by atoms with E-state index in [0.29, 0.717) is 12.3 Å². The van der Waals surface area contributed by atoms with Gasteiger partial charge in [0.1, 0.15) is 0 Å². The minimum atomic E-state index is 0.257. The van der Waals surface area contributed by atoms with E-state index in [4.69, 9.17) is 0 Å². The number of carbonyl (C=O) groups excluding carboxylic acids is 1. The molecule has 0 saturated heterocycles. The van der Waals surface area contributed by atoms with E-state index in [1.807, 2.05) is 26.0 Å². The molecule has 0 atom stereocenters. The number of ketones is 1. The molecule has 0 N–H and O–H groups in total. The molecule has 82 valence electrons. The lowest BCUT2D eigenvalue weighted by atomic mass is 9.94. The lowest BCUT2D eigenvalue weighted by Crippen LogP contribution is -2.07. The number of hydrogen-bond donors (Lipinski definition) is 0. The first-order valence-electron chi connectivity index (χ1n) is 5.21. The van der Waals surface area contributed by atoms with Crippen molar-refractivity contribution in [1.82, 2.24) is 0 Å². The Labute approximate surface area is 100 Å². The molecule has 0 fully saturated rings. The fraction of sp³-hybridized carbons (Fsp3) is 0.462. The fourth-order valence-electron chi connectivity index (χ4n) is 1.82. The van der Waals surface area contributed by atoms with Gasteiger partial charge in [0.2, 0.25) is 0 Å². The Kier molecular flexibility index (Phi) is 4.09. The molecule has 0 radical (unpaired) electrons. The summed E-state index contributed by atoms with van der Waals surface area (Å²) in [5, 5.41) is 0. The zero-order valence-electron chi connectivity index (χ0n) is 9.73. The molecule has 15 heavy (non-hydrogen) atoms. The van der Waals surface area contributed by atoms with Crippen LogP contribution in [0.4, 0.5) is 0 Å². The standard InChI is InChI=1S/C13H17BrO/c1-8(2)5-12(15)13-9(3)6-11(14)7-10(13)4/h6-8H,5H2,1-4H3. The number of aryl methyl sites for hydroxylation is 2. The number of hydrogen-bond acceptors (Lipinski definition) is 1. The van der Waals surface area contributed by atoms with Crippen LogP contribution in [0.1, 0.15) is 41.8 Å². The molecule has 1 rings (SSSR count). The van der Waals surface area contributed by atoms with Gasteiger partial charge in [-0.15, -0.1) is 0 Å². The number of rotatable bonds is 3. The Morgan fingerprint density at radius 1 is 1.27 bits per heavy atom. The van der Waals surface area contributed by atoms with E-state index < -0.39 is 0 Å². The maximum atomic E-state index is 12.0. The van der Waals surface area contributed by atoms with Gasteiger partial charge in [-0.1, -0.05) is 29.8 Å². The molecule has 0 amide bonds. The summed E-state index contributed by atoms with van der Waals surface area (Å²) < 4.78 is 1.04. The van der Waals surface area contributed by atoms with E-state index in [0.717, 1.165) is 21.2 Å². The predicted molar refractivity (Wildman–Crippen MR) is 67.4 cm³/mol. The van der Waals surface area contributed by atoms with Gasteiger partial charge in [-0.2, -0.15) is 0 Å². The van der Waals surface area contributed by atoms with E-state index in [9.17, 15) is 4.79 Å². The molecule has 1 aromatic rings. The Morgan fingerprint density at radius 3 is 2.13 bits per heavy atom. The Morgan fingerprint density at radius 2 is 1.73 bits per heavy atom. The minimum absolute atomic E-state index is 0.257. The van der Waals surface area contributed by atoms with Crippen LogP contribution in [0, 0.1) is 19.8 Å². The highest BCUT2D eigenvalue weighted by molar-refractivity contribution is 9.10. The Bertz CT molecular complexity index is 357. The Hall–Kier alpha value is -0.630. The third-order valence-electron chi connectivity index (χ3n) is 2.37. The fourth-order valence-corrected chi connectivity index (χ4v) is 2.51. The van der Waals surface area contributed by atoms with Crippen LogP contribution in [0.15, 0.2) is 16.6 Å². The summed E-state index contributed by atoms with van der Waals surface area (Å²) in [4.78, 5) is 12.0. The summed E-state index contributed by atoms with van der Waals surface area (Å²) in [6.45, 7) is 8.12. The average Bonchev–Trinajstić information content (AvgIpc) is 1.99. The van der Waals surface area contributed by atoms with Gasteiger partial charge in [0, 0.05) is 16.5 Å². The van der Waals surface area contributed by atoms with E-state index >= 15 is 0 Å². The highest BCUT2D eigenvalue weighted by Gasteiger charge is 2.13. The molecule has 1 nitrogen and oxygen atoms in total. The summed E-state index contributed by atoms with van der Waals surface area (Å²) in [6.07, 6.45) is 0.628. The Balaban J connectivity index is 3.09. The quantitative estimate of drug-likeness (QED) is 0.748. The molecule has 1 aromatic carbocycles. The van der Waals surface area contributed by atoms with Crippen LogP contribution in [0.25, 0.3) is 0 Å². The SMILES string of the molecule is Cc1cc(Br)cc(C)c1C(=O)CC(C)C. The van der Waals surface area contributed by atoms with Crippen molar-refractivity contribution in [2.45, 2.75) is 34.1 Å². The summed E-state index contributed by atoms with van der Waals surface area (Å²) in [6, 6.07) is 4.00. The summed E-state index contributed by atoms with van der Waals surface area (Å²) >= 11 is 3.44. The first-order chi connectivity index (χ1) is 6.91. The number of carbonyl (C=O) groups is 1. The van der Waals surface area contributed by atoms with Crippen molar-refractivity contribution < 1.29 is 4.79 Å². The number of Topliss-reactive ketones (excluding diaryl/α,β-unsaturated/α-hetero) is 1. The van der Waals surface area contributed by atoms with Gasteiger partial charge in [0.15, 0.2) is 5.78 Å². The second-order valence-corrected chi connectivity index (χ2v) is 5.35. The zero-order chi connectivity index (χ0) is 11.6. The molecular formula is C13H17BrO. The van der Waals surface area contributed by atoms with Crippen molar-refractivity contribution in [2.24, 2.45) is 5.92 Å². The van der Waals surface area contributed by atoms with Crippen LogP contribution in [-0.2, 0) is 0 Å². The second-order valence-electron chi connectivity index (χ2n) is 4.44. The van der Waals surface area contributed by atoms with Gasteiger partial charge in [-0.25, -0.2) is 0 Å². The van der Waals surface area contributed by atoms with Crippen LogP contribution >= 0.6 is 15.9 Å². The maximum Gasteiger partial charge on any atom is 0.163 e. The minimum Gasteiger partial charge on any atom is -0.294 e. The van der Waals surface area contributed by atoms with Crippen LogP contribution < -0.4 is 0 Å². The van der Waals surface area contributed by atoms with E-state index in [1.165, 1.54) is 0 Å². The average molecular weight is 269 g/mol. The third kappa shape index (κ3) is 3.16. The van der Waals surface area contributed by atoms with E-state index in [1.54, 1.807) is 0 Å². The van der Waals surface area contributed by atoms with Gasteiger partial charge < -0.3 is 0 Å². The van der Waals surface area contributed by atoms with Gasteiger partial charge in [-0.05, 0) is 43.0 Å². The van der Waals surface area contributed by atoms with Crippen molar-refractivity contribution in [3.63, 3.8) is 0 Å². The summed E-state index contributed by atoms with van der Waals surface area (Å²) in [7, 11) is 0. The molecule has 0 aromatic heterocycles. The third-order valence-corrected chi connectivity index (χ3v) is 2.83. The van der Waals surface area contributed by atoms with Crippen LogP contribution in [0.2, 0.25) is 0 Å². The lowest BCUT2D eigenvalue weighted by Gasteiger charge is -2.11. The molecule has 0 bridgehead atoms. The summed E-state index contributed by atoms with van der Waals surface area (Å²) in [5.41, 5.74) is 3.02. The van der Waals surface area contributed by atoms with Crippen molar-refractivity contribution in [2.75, 3.05) is 0 Å². The highest BCUT2D eigenvalue weighted by atomic mass is 79.9.